The second-order valence-corrected chi connectivity index (χ2v) is 9.65. The minimum Gasteiger partial charge on any atom is -0.490 e. The van der Waals surface area contributed by atoms with Crippen molar-refractivity contribution < 1.29 is 14.3 Å². The molecule has 2 aromatic carbocycles. The fourth-order valence-electron chi connectivity index (χ4n) is 5.09. The van der Waals surface area contributed by atoms with Crippen molar-refractivity contribution in [2.45, 2.75) is 65.5 Å². The fourth-order valence-corrected chi connectivity index (χ4v) is 5.09. The molecule has 1 saturated carbocycles. The molecular formula is C27H37NO3. The van der Waals surface area contributed by atoms with Crippen molar-refractivity contribution >= 4 is 16.7 Å². The predicted molar refractivity (Wildman–Crippen MR) is 125 cm³/mol. The van der Waals surface area contributed by atoms with E-state index < -0.39 is 0 Å². The van der Waals surface area contributed by atoms with Crippen LogP contribution in [-0.4, -0.2) is 36.7 Å². The molecule has 2 unspecified atom stereocenters. The molecule has 4 rings (SSSR count). The maximum absolute atomic E-state index is 11.9. The van der Waals surface area contributed by atoms with Gasteiger partial charge in [-0.1, -0.05) is 32.0 Å². The number of fused-ring (bicyclic) bond motifs is 1. The van der Waals surface area contributed by atoms with Gasteiger partial charge in [0.25, 0.3) is 0 Å². The molecule has 4 nitrogen and oxygen atoms in total. The molecule has 4 heteroatoms. The van der Waals surface area contributed by atoms with Gasteiger partial charge in [-0.05, 0) is 98.5 Å². The summed E-state index contributed by atoms with van der Waals surface area (Å²) in [6.07, 6.45) is 5.72. The number of carbonyl (C=O) groups is 1. The zero-order chi connectivity index (χ0) is 21.8. The topological polar surface area (TPSA) is 38.8 Å². The van der Waals surface area contributed by atoms with Crippen molar-refractivity contribution in [1.29, 1.82) is 0 Å². The first-order valence-corrected chi connectivity index (χ1v) is 12.1. The highest BCUT2D eigenvalue weighted by Gasteiger charge is 2.27. The lowest BCUT2D eigenvalue weighted by Crippen LogP contribution is -2.36. The van der Waals surface area contributed by atoms with E-state index in [1.165, 1.54) is 22.8 Å². The minimum absolute atomic E-state index is 0.0249. The Labute approximate surface area is 186 Å². The van der Waals surface area contributed by atoms with Gasteiger partial charge in [-0.3, -0.25) is 9.69 Å². The maximum Gasteiger partial charge on any atom is 0.309 e. The first-order chi connectivity index (χ1) is 15.0. The molecule has 31 heavy (non-hydrogen) atoms. The summed E-state index contributed by atoms with van der Waals surface area (Å²) in [5.74, 6) is 2.59. The molecule has 0 radical (unpaired) electrons. The Kier molecular flexibility index (Phi) is 7.16. The van der Waals surface area contributed by atoms with Crippen LogP contribution < -0.4 is 4.74 Å². The molecule has 1 aliphatic heterocycles. The van der Waals surface area contributed by atoms with Crippen molar-refractivity contribution in [2.24, 2.45) is 17.8 Å². The Bertz CT molecular complexity index is 887. The summed E-state index contributed by atoms with van der Waals surface area (Å²) in [6.45, 7) is 9.89. The summed E-state index contributed by atoms with van der Waals surface area (Å²) >= 11 is 0. The van der Waals surface area contributed by atoms with E-state index >= 15 is 0 Å². The van der Waals surface area contributed by atoms with Crippen molar-refractivity contribution in [3.8, 4) is 5.75 Å². The van der Waals surface area contributed by atoms with Crippen LogP contribution in [-0.2, 0) is 16.1 Å². The second kappa shape index (κ2) is 10.0. The Morgan fingerprint density at radius 1 is 0.968 bits per heavy atom. The van der Waals surface area contributed by atoms with E-state index in [4.69, 9.17) is 9.47 Å². The standard InChI is InChI=1S/C27H37NO3/c1-4-30-27(29)22-11-13-28(14-12-22)18-21-6-7-24-17-26(10-8-23(24)16-21)31-25-9-5-19(2)20(3)15-25/h6-8,10,16-17,19-20,22,25H,4-5,9,11-15,18H2,1-3H3/t19?,20?,25-/m0/s1. The minimum atomic E-state index is -0.0249. The molecular weight excluding hydrogens is 386 g/mol. The Hall–Kier alpha value is -2.07. The molecule has 2 fully saturated rings. The molecule has 0 spiro atoms. The van der Waals surface area contributed by atoms with Crippen LogP contribution in [0.15, 0.2) is 36.4 Å². The Balaban J connectivity index is 1.34. The van der Waals surface area contributed by atoms with Crippen LogP contribution in [0.1, 0.15) is 58.4 Å². The molecule has 168 valence electrons. The lowest BCUT2D eigenvalue weighted by molar-refractivity contribution is -0.149. The van der Waals surface area contributed by atoms with Crippen molar-refractivity contribution in [3.05, 3.63) is 42.0 Å². The molecule has 1 aliphatic carbocycles. The van der Waals surface area contributed by atoms with Crippen LogP contribution >= 0.6 is 0 Å². The van der Waals surface area contributed by atoms with E-state index in [1.54, 1.807) is 0 Å². The number of ether oxygens (including phenoxy) is 2. The molecule has 2 aromatic rings. The highest BCUT2D eigenvalue weighted by Crippen LogP contribution is 2.33. The first-order valence-electron chi connectivity index (χ1n) is 12.1. The molecule has 2 aliphatic rings. The van der Waals surface area contributed by atoms with Crippen molar-refractivity contribution in [3.63, 3.8) is 0 Å². The molecule has 0 N–H and O–H groups in total. The van der Waals surface area contributed by atoms with E-state index in [0.717, 1.165) is 62.9 Å². The van der Waals surface area contributed by atoms with Crippen molar-refractivity contribution in [2.75, 3.05) is 19.7 Å². The zero-order valence-electron chi connectivity index (χ0n) is 19.3. The van der Waals surface area contributed by atoms with Crippen LogP contribution in [0, 0.1) is 17.8 Å². The van der Waals surface area contributed by atoms with Crippen LogP contribution in [0.25, 0.3) is 10.8 Å². The quantitative estimate of drug-likeness (QED) is 0.549. The van der Waals surface area contributed by atoms with E-state index in [2.05, 4.69) is 55.1 Å². The van der Waals surface area contributed by atoms with Gasteiger partial charge in [0.15, 0.2) is 0 Å². The SMILES string of the molecule is CCOC(=O)C1CCN(Cc2ccc3cc(O[C@H]4CCC(C)C(C)C4)ccc3c2)CC1. The van der Waals surface area contributed by atoms with Crippen LogP contribution in [0.5, 0.6) is 5.75 Å². The van der Waals surface area contributed by atoms with Gasteiger partial charge < -0.3 is 9.47 Å². The third kappa shape index (κ3) is 5.60. The average molecular weight is 424 g/mol. The number of esters is 1. The zero-order valence-corrected chi connectivity index (χ0v) is 19.3. The molecule has 0 amide bonds. The number of nitrogens with zero attached hydrogens (tertiary/aromatic N) is 1. The maximum atomic E-state index is 11.9. The van der Waals surface area contributed by atoms with Gasteiger partial charge in [0, 0.05) is 6.54 Å². The number of benzene rings is 2. The van der Waals surface area contributed by atoms with Gasteiger partial charge in [0.1, 0.15) is 5.75 Å². The van der Waals surface area contributed by atoms with Gasteiger partial charge in [-0.15, -0.1) is 0 Å². The summed E-state index contributed by atoms with van der Waals surface area (Å²) in [7, 11) is 0. The average Bonchev–Trinajstić information content (AvgIpc) is 2.77. The number of hydrogen-bond donors (Lipinski definition) is 0. The second-order valence-electron chi connectivity index (χ2n) is 9.65. The third-order valence-electron chi connectivity index (χ3n) is 7.34. The van der Waals surface area contributed by atoms with Gasteiger partial charge in [0.05, 0.1) is 18.6 Å². The van der Waals surface area contributed by atoms with Crippen molar-refractivity contribution in [1.82, 2.24) is 4.90 Å². The van der Waals surface area contributed by atoms with Gasteiger partial charge >= 0.3 is 5.97 Å². The molecule has 0 aromatic heterocycles. The smallest absolute Gasteiger partial charge is 0.309 e. The highest BCUT2D eigenvalue weighted by molar-refractivity contribution is 5.84. The number of hydrogen-bond acceptors (Lipinski definition) is 4. The summed E-state index contributed by atoms with van der Waals surface area (Å²) in [5.41, 5.74) is 1.32. The van der Waals surface area contributed by atoms with Gasteiger partial charge in [-0.2, -0.15) is 0 Å². The molecule has 1 saturated heterocycles. The summed E-state index contributed by atoms with van der Waals surface area (Å²) in [4.78, 5) is 14.4. The van der Waals surface area contributed by atoms with E-state index in [-0.39, 0.29) is 11.9 Å². The fraction of sp³-hybridized carbons (Fsp3) is 0.593. The Morgan fingerprint density at radius 3 is 2.45 bits per heavy atom. The summed E-state index contributed by atoms with van der Waals surface area (Å²) in [5, 5.41) is 2.50. The summed E-state index contributed by atoms with van der Waals surface area (Å²) in [6, 6.07) is 13.2. The molecule has 1 heterocycles. The van der Waals surface area contributed by atoms with E-state index in [9.17, 15) is 4.79 Å². The number of carbonyl (C=O) groups excluding carboxylic acids is 1. The van der Waals surface area contributed by atoms with Crippen LogP contribution in [0.3, 0.4) is 0 Å². The largest absolute Gasteiger partial charge is 0.490 e. The molecule has 3 atom stereocenters. The normalized spacial score (nSPS) is 25.5. The number of likely N-dealkylation sites (tertiary alicyclic amines) is 1. The van der Waals surface area contributed by atoms with Gasteiger partial charge in [0.2, 0.25) is 0 Å². The monoisotopic (exact) mass is 423 g/mol. The van der Waals surface area contributed by atoms with E-state index in [1.807, 2.05) is 6.92 Å². The number of rotatable bonds is 6. The van der Waals surface area contributed by atoms with Crippen LogP contribution in [0.4, 0.5) is 0 Å². The highest BCUT2D eigenvalue weighted by atomic mass is 16.5. The lowest BCUT2D eigenvalue weighted by Gasteiger charge is -2.32. The summed E-state index contributed by atoms with van der Waals surface area (Å²) < 4.78 is 11.5. The predicted octanol–water partition coefficient (Wildman–Crippen LogP) is 5.82. The number of piperidine rings is 1. The lowest BCUT2D eigenvalue weighted by atomic mass is 9.80. The Morgan fingerprint density at radius 2 is 1.71 bits per heavy atom. The first kappa shape index (κ1) is 22.1. The molecule has 0 bridgehead atoms. The van der Waals surface area contributed by atoms with Crippen LogP contribution in [0.2, 0.25) is 0 Å². The van der Waals surface area contributed by atoms with Gasteiger partial charge in [-0.25, -0.2) is 0 Å². The third-order valence-corrected chi connectivity index (χ3v) is 7.34. The van der Waals surface area contributed by atoms with E-state index in [0.29, 0.717) is 12.7 Å².